The van der Waals surface area contributed by atoms with Gasteiger partial charge in [-0.25, -0.2) is 0 Å². The van der Waals surface area contributed by atoms with Crippen LogP contribution in [-0.2, 0) is 9.59 Å². The van der Waals surface area contributed by atoms with Crippen molar-refractivity contribution in [3.05, 3.63) is 0 Å². The van der Waals surface area contributed by atoms with Gasteiger partial charge < -0.3 is 0 Å². The van der Waals surface area contributed by atoms with Gasteiger partial charge in [-0.3, -0.25) is 14.5 Å². The first kappa shape index (κ1) is 12.6. The Morgan fingerprint density at radius 2 is 2.07 bits per heavy atom. The van der Waals surface area contributed by atoms with Crippen LogP contribution in [0, 0.1) is 0 Å². The van der Waals surface area contributed by atoms with E-state index >= 15 is 0 Å². The van der Waals surface area contributed by atoms with Crippen molar-refractivity contribution in [2.45, 2.75) is 44.8 Å². The third kappa shape index (κ3) is 3.23. The zero-order valence-corrected chi connectivity index (χ0v) is 10.3. The van der Waals surface area contributed by atoms with Gasteiger partial charge in [-0.15, -0.1) is 11.8 Å². The number of unbranched alkanes of at least 4 members (excludes halogenated alkanes) is 2. The minimum Gasteiger partial charge on any atom is -0.282 e. The fourth-order valence-corrected chi connectivity index (χ4v) is 2.67. The number of hydrogen-bond donors (Lipinski definition) is 0. The molecule has 0 radical (unpaired) electrons. The highest BCUT2D eigenvalue weighted by Crippen LogP contribution is 2.25. The molecule has 15 heavy (non-hydrogen) atoms. The molecular formula is C11H19NO2S. The predicted octanol–water partition coefficient (Wildman–Crippen LogP) is 2.06. The van der Waals surface area contributed by atoms with Crippen molar-refractivity contribution < 1.29 is 9.59 Å². The third-order valence-corrected chi connectivity index (χ3v) is 3.66. The SMILES string of the molecule is CCCCCN1C(=O)CC(SCC)C1=O. The van der Waals surface area contributed by atoms with Crippen LogP contribution in [0.4, 0.5) is 0 Å². The second-order valence-electron chi connectivity index (χ2n) is 3.74. The molecule has 2 amide bonds. The molecular weight excluding hydrogens is 210 g/mol. The Bertz CT molecular complexity index is 243. The zero-order chi connectivity index (χ0) is 11.3. The highest BCUT2D eigenvalue weighted by molar-refractivity contribution is 8.00. The van der Waals surface area contributed by atoms with Gasteiger partial charge in [0.15, 0.2) is 0 Å². The zero-order valence-electron chi connectivity index (χ0n) is 9.49. The molecule has 0 spiro atoms. The van der Waals surface area contributed by atoms with E-state index in [1.165, 1.54) is 4.90 Å². The van der Waals surface area contributed by atoms with E-state index in [-0.39, 0.29) is 17.1 Å². The monoisotopic (exact) mass is 229 g/mol. The van der Waals surface area contributed by atoms with Crippen LogP contribution in [0.15, 0.2) is 0 Å². The molecule has 1 fully saturated rings. The number of rotatable bonds is 6. The van der Waals surface area contributed by atoms with Gasteiger partial charge in [-0.2, -0.15) is 0 Å². The van der Waals surface area contributed by atoms with Crippen LogP contribution in [0.2, 0.25) is 0 Å². The van der Waals surface area contributed by atoms with Crippen molar-refractivity contribution >= 4 is 23.6 Å². The van der Waals surface area contributed by atoms with Crippen LogP contribution in [0.5, 0.6) is 0 Å². The topological polar surface area (TPSA) is 37.4 Å². The number of hydrogen-bond acceptors (Lipinski definition) is 3. The average molecular weight is 229 g/mol. The molecule has 0 aromatic rings. The number of thioether (sulfide) groups is 1. The van der Waals surface area contributed by atoms with Crippen molar-refractivity contribution in [3.8, 4) is 0 Å². The quantitative estimate of drug-likeness (QED) is 0.517. The molecule has 1 heterocycles. The number of likely N-dealkylation sites (tertiary alicyclic amines) is 1. The van der Waals surface area contributed by atoms with E-state index in [0.29, 0.717) is 13.0 Å². The number of nitrogens with zero attached hydrogens (tertiary/aromatic N) is 1. The fourth-order valence-electron chi connectivity index (χ4n) is 1.74. The van der Waals surface area contributed by atoms with E-state index < -0.39 is 0 Å². The molecule has 0 bridgehead atoms. The van der Waals surface area contributed by atoms with Gasteiger partial charge >= 0.3 is 0 Å². The summed E-state index contributed by atoms with van der Waals surface area (Å²) in [5.74, 6) is 0.942. The maximum atomic E-state index is 11.8. The first-order valence-electron chi connectivity index (χ1n) is 5.66. The van der Waals surface area contributed by atoms with Crippen molar-refractivity contribution in [3.63, 3.8) is 0 Å². The molecule has 1 saturated heterocycles. The predicted molar refractivity (Wildman–Crippen MR) is 62.8 cm³/mol. The highest BCUT2D eigenvalue weighted by Gasteiger charge is 2.37. The van der Waals surface area contributed by atoms with E-state index in [0.717, 1.165) is 25.0 Å². The summed E-state index contributed by atoms with van der Waals surface area (Å²) in [6, 6.07) is 0. The maximum Gasteiger partial charge on any atom is 0.242 e. The van der Waals surface area contributed by atoms with E-state index in [4.69, 9.17) is 0 Å². The molecule has 1 unspecified atom stereocenters. The van der Waals surface area contributed by atoms with Crippen LogP contribution in [-0.4, -0.2) is 34.3 Å². The number of carbonyl (C=O) groups is 2. The lowest BCUT2D eigenvalue weighted by Crippen LogP contribution is -2.32. The summed E-state index contributed by atoms with van der Waals surface area (Å²) in [4.78, 5) is 24.8. The van der Waals surface area contributed by atoms with E-state index in [1.54, 1.807) is 11.8 Å². The van der Waals surface area contributed by atoms with Crippen LogP contribution in [0.3, 0.4) is 0 Å². The maximum absolute atomic E-state index is 11.8. The van der Waals surface area contributed by atoms with Crippen LogP contribution < -0.4 is 0 Å². The molecule has 1 rings (SSSR count). The van der Waals surface area contributed by atoms with Crippen molar-refractivity contribution in [2.24, 2.45) is 0 Å². The molecule has 0 aromatic heterocycles. The fraction of sp³-hybridized carbons (Fsp3) is 0.818. The Balaban J connectivity index is 2.44. The molecule has 0 aliphatic carbocycles. The largest absolute Gasteiger partial charge is 0.282 e. The summed E-state index contributed by atoms with van der Waals surface area (Å²) in [5, 5.41) is -0.107. The molecule has 1 atom stereocenters. The van der Waals surface area contributed by atoms with E-state index in [9.17, 15) is 9.59 Å². The number of imide groups is 1. The van der Waals surface area contributed by atoms with E-state index in [1.807, 2.05) is 6.92 Å². The first-order chi connectivity index (χ1) is 7.20. The molecule has 3 nitrogen and oxygen atoms in total. The van der Waals surface area contributed by atoms with Gasteiger partial charge in [0.05, 0.1) is 5.25 Å². The summed E-state index contributed by atoms with van der Waals surface area (Å²) in [6.07, 6.45) is 3.55. The average Bonchev–Trinajstić information content (AvgIpc) is 2.46. The summed E-state index contributed by atoms with van der Waals surface area (Å²) >= 11 is 1.58. The van der Waals surface area contributed by atoms with Gasteiger partial charge in [0.25, 0.3) is 0 Å². The lowest BCUT2D eigenvalue weighted by atomic mass is 10.2. The van der Waals surface area contributed by atoms with Gasteiger partial charge in [-0.05, 0) is 12.2 Å². The summed E-state index contributed by atoms with van der Waals surface area (Å²) in [7, 11) is 0. The number of amides is 2. The Morgan fingerprint density at radius 1 is 1.33 bits per heavy atom. The van der Waals surface area contributed by atoms with Crippen molar-refractivity contribution in [2.75, 3.05) is 12.3 Å². The molecule has 0 saturated carbocycles. The molecule has 1 aliphatic heterocycles. The Labute approximate surface area is 95.6 Å². The normalized spacial score (nSPS) is 21.5. The Kier molecular flexibility index (Phi) is 5.15. The highest BCUT2D eigenvalue weighted by atomic mass is 32.2. The summed E-state index contributed by atoms with van der Waals surface area (Å²) < 4.78 is 0. The second kappa shape index (κ2) is 6.16. The molecule has 4 heteroatoms. The first-order valence-corrected chi connectivity index (χ1v) is 6.71. The number of carbonyl (C=O) groups excluding carboxylic acids is 2. The Hall–Kier alpha value is -0.510. The minimum atomic E-state index is -0.107. The van der Waals surface area contributed by atoms with Crippen molar-refractivity contribution in [1.82, 2.24) is 4.90 Å². The third-order valence-electron chi connectivity index (χ3n) is 2.56. The smallest absolute Gasteiger partial charge is 0.242 e. The van der Waals surface area contributed by atoms with Gasteiger partial charge in [0.2, 0.25) is 11.8 Å². The van der Waals surface area contributed by atoms with Crippen LogP contribution >= 0.6 is 11.8 Å². The summed E-state index contributed by atoms with van der Waals surface area (Å²) in [6.45, 7) is 4.75. The standard InChI is InChI=1S/C11H19NO2S/c1-3-5-6-7-12-10(13)8-9(11(12)14)15-4-2/h9H,3-8H2,1-2H3. The molecule has 1 aliphatic rings. The van der Waals surface area contributed by atoms with Gasteiger partial charge in [0, 0.05) is 13.0 Å². The molecule has 86 valence electrons. The second-order valence-corrected chi connectivity index (χ2v) is 5.22. The van der Waals surface area contributed by atoms with Crippen molar-refractivity contribution in [1.29, 1.82) is 0 Å². The van der Waals surface area contributed by atoms with Crippen LogP contribution in [0.25, 0.3) is 0 Å². The summed E-state index contributed by atoms with van der Waals surface area (Å²) in [5.41, 5.74) is 0. The van der Waals surface area contributed by atoms with Crippen LogP contribution in [0.1, 0.15) is 39.5 Å². The van der Waals surface area contributed by atoms with Gasteiger partial charge in [0.1, 0.15) is 0 Å². The molecule has 0 aromatic carbocycles. The van der Waals surface area contributed by atoms with Gasteiger partial charge in [-0.1, -0.05) is 26.7 Å². The molecule has 0 N–H and O–H groups in total. The lowest BCUT2D eigenvalue weighted by molar-refractivity contribution is -0.138. The Morgan fingerprint density at radius 3 is 2.67 bits per heavy atom. The van der Waals surface area contributed by atoms with E-state index in [2.05, 4.69) is 6.92 Å². The minimum absolute atomic E-state index is 0.0158. The lowest BCUT2D eigenvalue weighted by Gasteiger charge is -2.14.